The summed E-state index contributed by atoms with van der Waals surface area (Å²) in [6.07, 6.45) is 4.89. The number of amides is 4. The van der Waals surface area contributed by atoms with Crippen LogP contribution in [0.3, 0.4) is 0 Å². The minimum atomic E-state index is -0.937. The molecule has 1 saturated heterocycles. The van der Waals surface area contributed by atoms with Crippen molar-refractivity contribution in [1.82, 2.24) is 20.4 Å². The number of fused-ring (bicyclic) bond motifs is 1. The van der Waals surface area contributed by atoms with Gasteiger partial charge in [-0.1, -0.05) is 25.0 Å². The minimum Gasteiger partial charge on any atom is -0.315 e. The molecular weight excluding hydrogens is 384 g/mol. The molecule has 1 saturated carbocycles. The highest BCUT2D eigenvalue weighted by atomic mass is 16.2. The standard InChI is InChI=1S/C22H28N4O4/c1-23-15-8-3-4-9-16(15)25(2)12-13-6-5-7-14-19(13)22(30)26(21(14)29)17-10-11-18(27)24-20(17)28/h5-7,15-17,23H,3-4,8-12H2,1-2H3,(H,24,27,28)/t15-,16-,17?/m0/s1. The quantitative estimate of drug-likeness (QED) is 0.702. The van der Waals surface area contributed by atoms with Crippen molar-refractivity contribution in [2.24, 2.45) is 0 Å². The van der Waals surface area contributed by atoms with Crippen LogP contribution in [0, 0.1) is 0 Å². The monoisotopic (exact) mass is 412 g/mol. The molecule has 4 amide bonds. The SMILES string of the molecule is CN[C@H]1CCCC[C@@H]1N(C)Cc1cccc2c1C(=O)N(C1CCC(=O)NC1=O)C2=O. The molecule has 2 fully saturated rings. The first-order valence-electron chi connectivity index (χ1n) is 10.6. The van der Waals surface area contributed by atoms with Crippen molar-refractivity contribution in [2.45, 2.75) is 63.2 Å². The van der Waals surface area contributed by atoms with Crippen molar-refractivity contribution in [1.29, 1.82) is 0 Å². The van der Waals surface area contributed by atoms with Crippen LogP contribution >= 0.6 is 0 Å². The van der Waals surface area contributed by atoms with Crippen LogP contribution in [0.5, 0.6) is 0 Å². The molecule has 2 heterocycles. The van der Waals surface area contributed by atoms with Crippen LogP contribution < -0.4 is 10.6 Å². The van der Waals surface area contributed by atoms with Crippen molar-refractivity contribution in [3.63, 3.8) is 0 Å². The second-order valence-corrected chi connectivity index (χ2v) is 8.45. The molecule has 160 valence electrons. The lowest BCUT2D eigenvalue weighted by molar-refractivity contribution is -0.136. The lowest BCUT2D eigenvalue weighted by atomic mass is 9.89. The third kappa shape index (κ3) is 3.54. The third-order valence-electron chi connectivity index (χ3n) is 6.64. The first-order valence-corrected chi connectivity index (χ1v) is 10.6. The van der Waals surface area contributed by atoms with Gasteiger partial charge < -0.3 is 5.32 Å². The lowest BCUT2D eigenvalue weighted by Crippen LogP contribution is -2.54. The zero-order chi connectivity index (χ0) is 21.4. The molecule has 0 aromatic heterocycles. The molecule has 3 aliphatic rings. The van der Waals surface area contributed by atoms with E-state index >= 15 is 0 Å². The molecule has 3 atom stereocenters. The first-order chi connectivity index (χ1) is 14.4. The summed E-state index contributed by atoms with van der Waals surface area (Å²) in [5.41, 5.74) is 1.52. The number of hydrogen-bond donors (Lipinski definition) is 2. The van der Waals surface area contributed by atoms with Gasteiger partial charge >= 0.3 is 0 Å². The van der Waals surface area contributed by atoms with Crippen LogP contribution in [0.2, 0.25) is 0 Å². The Kier molecular flexibility index (Phi) is 5.71. The molecule has 0 radical (unpaired) electrons. The Morgan fingerprint density at radius 2 is 1.87 bits per heavy atom. The number of carbonyl (C=O) groups is 4. The summed E-state index contributed by atoms with van der Waals surface area (Å²) in [5.74, 6) is -1.86. The number of benzene rings is 1. The van der Waals surface area contributed by atoms with E-state index in [1.807, 2.05) is 13.1 Å². The Labute approximate surface area is 176 Å². The summed E-state index contributed by atoms with van der Waals surface area (Å²) in [6, 6.07) is 5.13. The summed E-state index contributed by atoms with van der Waals surface area (Å²) < 4.78 is 0. The van der Waals surface area contributed by atoms with Crippen LogP contribution in [0.4, 0.5) is 0 Å². The van der Waals surface area contributed by atoms with Gasteiger partial charge in [0.15, 0.2) is 0 Å². The van der Waals surface area contributed by atoms with E-state index in [1.54, 1.807) is 12.1 Å². The molecule has 2 N–H and O–H groups in total. The summed E-state index contributed by atoms with van der Waals surface area (Å²) in [4.78, 5) is 53.3. The van der Waals surface area contributed by atoms with E-state index in [9.17, 15) is 19.2 Å². The van der Waals surface area contributed by atoms with Crippen LogP contribution in [0.25, 0.3) is 0 Å². The second kappa shape index (κ2) is 8.28. The van der Waals surface area contributed by atoms with Gasteiger partial charge in [0.2, 0.25) is 11.8 Å². The third-order valence-corrected chi connectivity index (χ3v) is 6.64. The second-order valence-electron chi connectivity index (χ2n) is 8.45. The Balaban J connectivity index is 1.59. The summed E-state index contributed by atoms with van der Waals surface area (Å²) in [6.45, 7) is 0.550. The van der Waals surface area contributed by atoms with Gasteiger partial charge in [0.25, 0.3) is 11.8 Å². The number of likely N-dealkylation sites (N-methyl/N-ethyl adjacent to an activating group) is 2. The van der Waals surface area contributed by atoms with E-state index in [1.165, 1.54) is 12.8 Å². The number of rotatable bonds is 5. The molecule has 1 aromatic carbocycles. The van der Waals surface area contributed by atoms with Crippen molar-refractivity contribution in [2.75, 3.05) is 14.1 Å². The fraction of sp³-hybridized carbons (Fsp3) is 0.545. The summed E-state index contributed by atoms with van der Waals surface area (Å²) in [7, 11) is 4.04. The van der Waals surface area contributed by atoms with Gasteiger partial charge in [-0.25, -0.2) is 0 Å². The smallest absolute Gasteiger partial charge is 0.262 e. The molecule has 30 heavy (non-hydrogen) atoms. The molecule has 2 aliphatic heterocycles. The highest BCUT2D eigenvalue weighted by Crippen LogP contribution is 2.31. The van der Waals surface area contributed by atoms with Gasteiger partial charge in [-0.15, -0.1) is 0 Å². The Morgan fingerprint density at radius 3 is 2.60 bits per heavy atom. The van der Waals surface area contributed by atoms with E-state index in [2.05, 4.69) is 22.6 Å². The highest BCUT2D eigenvalue weighted by molar-refractivity contribution is 6.24. The van der Waals surface area contributed by atoms with E-state index in [-0.39, 0.29) is 18.7 Å². The van der Waals surface area contributed by atoms with Gasteiger partial charge in [-0.05, 0) is 45.0 Å². The van der Waals surface area contributed by atoms with Crippen molar-refractivity contribution in [3.05, 3.63) is 34.9 Å². The van der Waals surface area contributed by atoms with Crippen LogP contribution in [0.15, 0.2) is 18.2 Å². The highest BCUT2D eigenvalue weighted by Gasteiger charge is 2.45. The molecule has 4 rings (SSSR count). The van der Waals surface area contributed by atoms with Crippen molar-refractivity contribution >= 4 is 23.6 Å². The zero-order valence-electron chi connectivity index (χ0n) is 17.4. The molecule has 1 unspecified atom stereocenters. The maximum Gasteiger partial charge on any atom is 0.262 e. The van der Waals surface area contributed by atoms with E-state index < -0.39 is 23.8 Å². The Hall–Kier alpha value is -2.58. The van der Waals surface area contributed by atoms with E-state index in [0.717, 1.165) is 23.3 Å². The van der Waals surface area contributed by atoms with E-state index in [0.29, 0.717) is 29.8 Å². The van der Waals surface area contributed by atoms with Gasteiger partial charge in [-0.3, -0.25) is 34.3 Å². The molecule has 1 aliphatic carbocycles. The van der Waals surface area contributed by atoms with Gasteiger partial charge in [0, 0.05) is 25.0 Å². The average molecular weight is 412 g/mol. The number of hydrogen-bond acceptors (Lipinski definition) is 6. The fourth-order valence-corrected chi connectivity index (χ4v) is 5.08. The minimum absolute atomic E-state index is 0.118. The number of nitrogens with zero attached hydrogens (tertiary/aromatic N) is 2. The number of nitrogens with one attached hydrogen (secondary N) is 2. The van der Waals surface area contributed by atoms with Crippen LogP contribution in [-0.2, 0) is 16.1 Å². The lowest BCUT2D eigenvalue weighted by Gasteiger charge is -2.38. The van der Waals surface area contributed by atoms with Crippen LogP contribution in [0.1, 0.15) is 64.8 Å². The van der Waals surface area contributed by atoms with Gasteiger partial charge in [0.1, 0.15) is 6.04 Å². The molecule has 1 aromatic rings. The molecular formula is C22H28N4O4. The zero-order valence-corrected chi connectivity index (χ0v) is 17.4. The number of piperidine rings is 1. The molecule has 8 nitrogen and oxygen atoms in total. The van der Waals surface area contributed by atoms with Crippen LogP contribution in [-0.4, -0.2) is 65.6 Å². The predicted molar refractivity (Wildman–Crippen MR) is 110 cm³/mol. The fourth-order valence-electron chi connectivity index (χ4n) is 5.08. The Morgan fingerprint density at radius 1 is 1.10 bits per heavy atom. The molecule has 8 heteroatoms. The van der Waals surface area contributed by atoms with Crippen molar-refractivity contribution < 1.29 is 19.2 Å². The maximum atomic E-state index is 13.2. The maximum absolute atomic E-state index is 13.2. The number of imide groups is 2. The van der Waals surface area contributed by atoms with Crippen molar-refractivity contribution in [3.8, 4) is 0 Å². The predicted octanol–water partition coefficient (Wildman–Crippen LogP) is 1.05. The summed E-state index contributed by atoms with van der Waals surface area (Å²) in [5, 5.41) is 5.64. The Bertz CT molecular complexity index is 899. The number of carbonyl (C=O) groups excluding carboxylic acids is 4. The van der Waals surface area contributed by atoms with Gasteiger partial charge in [0.05, 0.1) is 11.1 Å². The van der Waals surface area contributed by atoms with Gasteiger partial charge in [-0.2, -0.15) is 0 Å². The first kappa shape index (κ1) is 20.7. The normalized spacial score (nSPS) is 26.9. The average Bonchev–Trinajstić information content (AvgIpc) is 2.99. The molecule has 0 bridgehead atoms. The largest absolute Gasteiger partial charge is 0.315 e. The molecule has 0 spiro atoms. The summed E-state index contributed by atoms with van der Waals surface area (Å²) >= 11 is 0. The van der Waals surface area contributed by atoms with E-state index in [4.69, 9.17) is 0 Å². The topological polar surface area (TPSA) is 98.8 Å².